The summed E-state index contributed by atoms with van der Waals surface area (Å²) < 4.78 is 21.1. The number of carbonyl (C=O) groups excluding carboxylic acids is 1. The van der Waals surface area contributed by atoms with Crippen molar-refractivity contribution in [2.45, 2.75) is 58.8 Å². The molecular formula is C17H34O5. The highest BCUT2D eigenvalue weighted by molar-refractivity contribution is 5.69. The first-order valence-electron chi connectivity index (χ1n) is 8.70. The van der Waals surface area contributed by atoms with Gasteiger partial charge in [-0.1, -0.05) is 39.5 Å². The quantitative estimate of drug-likeness (QED) is 0.304. The van der Waals surface area contributed by atoms with Crippen molar-refractivity contribution in [3.63, 3.8) is 0 Å². The molecule has 0 aromatic carbocycles. The summed E-state index contributed by atoms with van der Waals surface area (Å²) in [6, 6.07) is 0. The summed E-state index contributed by atoms with van der Waals surface area (Å²) in [5.74, 6) is -0.125. The van der Waals surface area contributed by atoms with Gasteiger partial charge in [-0.25, -0.2) is 0 Å². The van der Waals surface area contributed by atoms with Gasteiger partial charge in [0.25, 0.3) is 0 Å². The molecule has 0 rings (SSSR count). The molecule has 5 heteroatoms. The summed E-state index contributed by atoms with van der Waals surface area (Å²) in [4.78, 5) is 11.4. The van der Waals surface area contributed by atoms with Gasteiger partial charge in [0.2, 0.25) is 0 Å². The van der Waals surface area contributed by atoms with E-state index in [4.69, 9.17) is 18.9 Å². The Labute approximate surface area is 135 Å². The van der Waals surface area contributed by atoms with E-state index in [1.165, 1.54) is 12.8 Å². The van der Waals surface area contributed by atoms with Crippen LogP contribution in [0.1, 0.15) is 58.8 Å². The van der Waals surface area contributed by atoms with Crippen molar-refractivity contribution in [2.75, 3.05) is 46.2 Å². The van der Waals surface area contributed by atoms with Crippen molar-refractivity contribution in [2.24, 2.45) is 0 Å². The molecule has 0 aliphatic rings. The van der Waals surface area contributed by atoms with Crippen LogP contribution in [0.15, 0.2) is 0 Å². The van der Waals surface area contributed by atoms with Crippen LogP contribution in [0.4, 0.5) is 0 Å². The molecule has 0 fully saturated rings. The summed E-state index contributed by atoms with van der Waals surface area (Å²) in [6.45, 7) is 8.14. The maximum atomic E-state index is 11.4. The fourth-order valence-corrected chi connectivity index (χ4v) is 1.77. The number of esters is 1. The monoisotopic (exact) mass is 318 g/mol. The average molecular weight is 318 g/mol. The topological polar surface area (TPSA) is 54.0 Å². The number of ether oxygens (including phenoxy) is 4. The lowest BCUT2D eigenvalue weighted by Crippen LogP contribution is -2.14. The number of unbranched alkanes of at least 4 members (excludes halogenated alkanes) is 4. The number of rotatable bonds is 17. The summed E-state index contributed by atoms with van der Waals surface area (Å²) in [7, 11) is 0. The molecule has 132 valence electrons. The second-order valence-electron chi connectivity index (χ2n) is 5.22. The summed E-state index contributed by atoms with van der Waals surface area (Å²) in [5.41, 5.74) is 0. The highest BCUT2D eigenvalue weighted by atomic mass is 16.6. The summed E-state index contributed by atoms with van der Waals surface area (Å²) in [6.07, 6.45) is 7.14. The lowest BCUT2D eigenvalue weighted by Gasteiger charge is -2.07. The van der Waals surface area contributed by atoms with E-state index in [-0.39, 0.29) is 5.97 Å². The molecule has 0 saturated carbocycles. The molecule has 0 N–H and O–H groups in total. The minimum atomic E-state index is -0.125. The van der Waals surface area contributed by atoms with Crippen molar-refractivity contribution < 1.29 is 23.7 Å². The largest absolute Gasteiger partial charge is 0.463 e. The zero-order chi connectivity index (χ0) is 16.3. The van der Waals surface area contributed by atoms with Crippen LogP contribution < -0.4 is 0 Å². The highest BCUT2D eigenvalue weighted by Crippen LogP contribution is 2.03. The van der Waals surface area contributed by atoms with E-state index < -0.39 is 0 Å². The molecule has 0 spiro atoms. The molecule has 0 radical (unpaired) electrons. The highest BCUT2D eigenvalue weighted by Gasteiger charge is 2.01. The second kappa shape index (κ2) is 18.4. The molecular weight excluding hydrogens is 284 g/mol. The number of hydrogen-bond donors (Lipinski definition) is 0. The third kappa shape index (κ3) is 17.4. The predicted octanol–water partition coefficient (Wildman–Crippen LogP) is 3.35. The lowest BCUT2D eigenvalue weighted by atomic mass is 10.2. The Morgan fingerprint density at radius 1 is 0.636 bits per heavy atom. The second-order valence-corrected chi connectivity index (χ2v) is 5.22. The maximum Gasteiger partial charge on any atom is 0.305 e. The number of hydrogen-bond acceptors (Lipinski definition) is 5. The van der Waals surface area contributed by atoms with E-state index in [1.807, 2.05) is 0 Å². The molecule has 0 heterocycles. The Balaban J connectivity index is 3.08. The van der Waals surface area contributed by atoms with Gasteiger partial charge in [-0.2, -0.15) is 0 Å². The molecule has 0 atom stereocenters. The van der Waals surface area contributed by atoms with Crippen LogP contribution in [0.2, 0.25) is 0 Å². The molecule has 0 saturated heterocycles. The van der Waals surface area contributed by atoms with Crippen molar-refractivity contribution in [1.29, 1.82) is 0 Å². The zero-order valence-corrected chi connectivity index (χ0v) is 14.4. The standard InChI is InChI=1S/C17H34O5/c1-3-5-7-8-9-17(18)22-16-15-21-14-13-20-12-11-19-10-6-4-2/h3-16H2,1-2H3. The van der Waals surface area contributed by atoms with E-state index in [0.717, 1.165) is 32.3 Å². The van der Waals surface area contributed by atoms with E-state index in [1.54, 1.807) is 0 Å². The summed E-state index contributed by atoms with van der Waals surface area (Å²) >= 11 is 0. The zero-order valence-electron chi connectivity index (χ0n) is 14.4. The van der Waals surface area contributed by atoms with Crippen molar-refractivity contribution in [3.8, 4) is 0 Å². The third-order valence-electron chi connectivity index (χ3n) is 3.11. The van der Waals surface area contributed by atoms with E-state index in [0.29, 0.717) is 46.1 Å². The lowest BCUT2D eigenvalue weighted by molar-refractivity contribution is -0.145. The van der Waals surface area contributed by atoms with Gasteiger partial charge in [0, 0.05) is 13.0 Å². The molecule has 0 aliphatic heterocycles. The molecule has 0 amide bonds. The molecule has 0 aliphatic carbocycles. The van der Waals surface area contributed by atoms with E-state index in [2.05, 4.69) is 13.8 Å². The molecule has 0 bridgehead atoms. The third-order valence-corrected chi connectivity index (χ3v) is 3.11. The van der Waals surface area contributed by atoms with E-state index in [9.17, 15) is 4.79 Å². The van der Waals surface area contributed by atoms with Crippen LogP contribution in [0, 0.1) is 0 Å². The van der Waals surface area contributed by atoms with Crippen molar-refractivity contribution in [3.05, 3.63) is 0 Å². The first-order chi connectivity index (χ1) is 10.8. The van der Waals surface area contributed by atoms with Crippen LogP contribution in [-0.2, 0) is 23.7 Å². The van der Waals surface area contributed by atoms with Gasteiger partial charge in [0.05, 0.1) is 33.0 Å². The van der Waals surface area contributed by atoms with Crippen LogP contribution in [-0.4, -0.2) is 52.2 Å². The Kier molecular flexibility index (Phi) is 17.9. The first kappa shape index (κ1) is 21.4. The Bertz CT molecular complexity index is 233. The van der Waals surface area contributed by atoms with Crippen LogP contribution in [0.3, 0.4) is 0 Å². The van der Waals surface area contributed by atoms with Gasteiger partial charge in [-0.05, 0) is 12.8 Å². The maximum absolute atomic E-state index is 11.4. The average Bonchev–Trinajstić information content (AvgIpc) is 2.52. The Morgan fingerprint density at radius 2 is 1.18 bits per heavy atom. The number of carbonyl (C=O) groups is 1. The fourth-order valence-electron chi connectivity index (χ4n) is 1.77. The van der Waals surface area contributed by atoms with Crippen LogP contribution in [0.25, 0.3) is 0 Å². The van der Waals surface area contributed by atoms with Crippen LogP contribution in [0.5, 0.6) is 0 Å². The fraction of sp³-hybridized carbons (Fsp3) is 0.941. The van der Waals surface area contributed by atoms with Gasteiger partial charge < -0.3 is 18.9 Å². The first-order valence-corrected chi connectivity index (χ1v) is 8.70. The molecule has 0 aromatic heterocycles. The van der Waals surface area contributed by atoms with Gasteiger partial charge in [0.1, 0.15) is 6.61 Å². The molecule has 5 nitrogen and oxygen atoms in total. The van der Waals surface area contributed by atoms with Gasteiger partial charge in [0.15, 0.2) is 0 Å². The minimum Gasteiger partial charge on any atom is -0.463 e. The van der Waals surface area contributed by atoms with Gasteiger partial charge in [-0.15, -0.1) is 0 Å². The Hall–Kier alpha value is -0.650. The molecule has 0 unspecified atom stereocenters. The predicted molar refractivity (Wildman–Crippen MR) is 87.1 cm³/mol. The van der Waals surface area contributed by atoms with E-state index >= 15 is 0 Å². The summed E-state index contributed by atoms with van der Waals surface area (Å²) in [5, 5.41) is 0. The Morgan fingerprint density at radius 3 is 1.77 bits per heavy atom. The van der Waals surface area contributed by atoms with Crippen molar-refractivity contribution >= 4 is 5.97 Å². The van der Waals surface area contributed by atoms with Crippen LogP contribution >= 0.6 is 0 Å². The van der Waals surface area contributed by atoms with Crippen molar-refractivity contribution in [1.82, 2.24) is 0 Å². The van der Waals surface area contributed by atoms with Gasteiger partial charge in [-0.3, -0.25) is 4.79 Å². The van der Waals surface area contributed by atoms with Gasteiger partial charge >= 0.3 is 5.97 Å². The normalized spacial score (nSPS) is 10.8. The smallest absolute Gasteiger partial charge is 0.305 e. The minimum absolute atomic E-state index is 0.125. The SMILES string of the molecule is CCCCCCC(=O)OCCOCCOCCOCCCC. The molecule has 22 heavy (non-hydrogen) atoms. The molecule has 0 aromatic rings.